The normalized spacial score (nSPS) is 17.7. The monoisotopic (exact) mass is 296 g/mol. The van der Waals surface area contributed by atoms with E-state index in [1.54, 1.807) is 19.2 Å². The van der Waals surface area contributed by atoms with Crippen LogP contribution in [-0.4, -0.2) is 62.6 Å². The molecule has 1 aliphatic heterocycles. The van der Waals surface area contributed by atoms with Crippen LogP contribution < -0.4 is 9.80 Å². The van der Waals surface area contributed by atoms with Crippen molar-refractivity contribution in [3.63, 3.8) is 0 Å². The Morgan fingerprint density at radius 1 is 1.38 bits per heavy atom. The third-order valence-corrected chi connectivity index (χ3v) is 3.78. The van der Waals surface area contributed by atoms with Crippen LogP contribution in [0.4, 0.5) is 11.4 Å². The number of rotatable bonds is 6. The molecule has 116 valence electrons. The molecule has 0 aromatic heterocycles. The number of ether oxygens (including phenoxy) is 1. The topological polar surface area (TPSA) is 80.3 Å². The van der Waals surface area contributed by atoms with E-state index in [1.807, 2.05) is 0 Å². The molecule has 7 heteroatoms. The van der Waals surface area contributed by atoms with Gasteiger partial charge in [0.25, 0.3) is 5.69 Å². The van der Waals surface area contributed by atoms with Gasteiger partial charge in [-0.2, -0.15) is 0 Å². The van der Waals surface area contributed by atoms with Gasteiger partial charge < -0.3 is 19.6 Å². The predicted molar refractivity (Wildman–Crippen MR) is 78.8 cm³/mol. The highest BCUT2D eigenvalue weighted by Gasteiger charge is 2.22. The maximum atomic E-state index is 10.6. The van der Waals surface area contributed by atoms with Crippen LogP contribution in [0.25, 0.3) is 0 Å². The Bertz CT molecular complexity index is 458. The minimum absolute atomic E-state index is 0.116. The largest absolute Gasteiger partial charge is 0.385 e. The fraction of sp³-hybridized carbons (Fsp3) is 0.571. The second-order valence-electron chi connectivity index (χ2n) is 5.32. The lowest BCUT2D eigenvalue weighted by Gasteiger charge is -2.34. The molecule has 0 aliphatic carbocycles. The third-order valence-electron chi connectivity index (χ3n) is 3.78. The average molecular weight is 296 g/mol. The van der Waals surface area contributed by atoms with E-state index in [4.69, 9.17) is 4.74 Å². The van der Waals surface area contributed by atoms with Crippen molar-refractivity contribution in [1.82, 2.24) is 0 Å². The molecule has 1 atom stereocenters. The highest BCUT2D eigenvalue weighted by atomic mass is 16.6. The lowest BCUT2D eigenvalue weighted by Crippen LogP contribution is -3.16. The molecule has 0 radical (unpaired) electrons. The van der Waals surface area contributed by atoms with Gasteiger partial charge in [-0.3, -0.25) is 10.1 Å². The number of quaternary nitrogens is 1. The molecule has 0 bridgehead atoms. The number of nitrogens with one attached hydrogen (secondary N) is 1. The number of hydrogen-bond donors (Lipinski definition) is 2. The molecule has 1 heterocycles. The van der Waals surface area contributed by atoms with Crippen LogP contribution in [0, 0.1) is 10.1 Å². The van der Waals surface area contributed by atoms with E-state index in [0.29, 0.717) is 13.2 Å². The molecule has 2 N–H and O–H groups in total. The number of methoxy groups -OCH3 is 1. The average Bonchev–Trinajstić information content (AvgIpc) is 2.48. The molecule has 2 rings (SSSR count). The molecule has 1 aliphatic rings. The third kappa shape index (κ3) is 4.38. The van der Waals surface area contributed by atoms with Gasteiger partial charge in [0.15, 0.2) is 0 Å². The summed E-state index contributed by atoms with van der Waals surface area (Å²) in [5.74, 6) is 0. The van der Waals surface area contributed by atoms with Crippen LogP contribution in [0.2, 0.25) is 0 Å². The van der Waals surface area contributed by atoms with Crippen molar-refractivity contribution in [2.24, 2.45) is 0 Å². The van der Waals surface area contributed by atoms with Crippen LogP contribution in [0.15, 0.2) is 24.3 Å². The van der Waals surface area contributed by atoms with E-state index >= 15 is 0 Å². The molecule has 1 aromatic rings. The maximum absolute atomic E-state index is 10.6. The molecule has 0 amide bonds. The number of hydrogen-bond acceptors (Lipinski definition) is 5. The summed E-state index contributed by atoms with van der Waals surface area (Å²) in [4.78, 5) is 13.8. The lowest BCUT2D eigenvalue weighted by molar-refractivity contribution is -0.903. The Morgan fingerprint density at radius 2 is 2.00 bits per heavy atom. The van der Waals surface area contributed by atoms with Crippen molar-refractivity contribution in [2.75, 3.05) is 51.3 Å². The van der Waals surface area contributed by atoms with Crippen LogP contribution >= 0.6 is 0 Å². The first kappa shape index (κ1) is 15.7. The molecular weight excluding hydrogens is 274 g/mol. The number of nitro groups is 1. The molecule has 0 spiro atoms. The van der Waals surface area contributed by atoms with Crippen molar-refractivity contribution < 1.29 is 19.7 Å². The fourth-order valence-electron chi connectivity index (χ4n) is 2.65. The SMILES string of the molecule is COC[C@@H](O)C[NH+]1CCN(c2ccc([N+](=O)[O-])cc2)CC1. The van der Waals surface area contributed by atoms with Crippen LogP contribution in [0.5, 0.6) is 0 Å². The van der Waals surface area contributed by atoms with E-state index in [0.717, 1.165) is 31.9 Å². The first-order valence-corrected chi connectivity index (χ1v) is 7.10. The Balaban J connectivity index is 1.84. The van der Waals surface area contributed by atoms with E-state index in [-0.39, 0.29) is 10.6 Å². The standard InChI is InChI=1S/C14H21N3O4/c1-21-11-14(18)10-15-6-8-16(9-7-15)12-2-4-13(5-3-12)17(19)20/h2-5,14,18H,6-11H2,1H3/p+1/t14-/m0/s1. The quantitative estimate of drug-likeness (QED) is 0.536. The summed E-state index contributed by atoms with van der Waals surface area (Å²) in [5.41, 5.74) is 1.13. The van der Waals surface area contributed by atoms with Gasteiger partial charge in [0.05, 0.1) is 37.7 Å². The molecule has 1 saturated heterocycles. The van der Waals surface area contributed by atoms with Crippen molar-refractivity contribution in [1.29, 1.82) is 0 Å². The molecule has 7 nitrogen and oxygen atoms in total. The van der Waals surface area contributed by atoms with Gasteiger partial charge in [0.2, 0.25) is 0 Å². The molecule has 0 unspecified atom stereocenters. The zero-order valence-corrected chi connectivity index (χ0v) is 12.2. The van der Waals surface area contributed by atoms with Gasteiger partial charge in [-0.25, -0.2) is 0 Å². The van der Waals surface area contributed by atoms with Gasteiger partial charge >= 0.3 is 0 Å². The van der Waals surface area contributed by atoms with Crippen molar-refractivity contribution >= 4 is 11.4 Å². The zero-order valence-electron chi connectivity index (χ0n) is 12.2. The van der Waals surface area contributed by atoms with Gasteiger partial charge in [-0.05, 0) is 12.1 Å². The smallest absolute Gasteiger partial charge is 0.269 e. The molecule has 1 aromatic carbocycles. The number of aliphatic hydroxyl groups excluding tert-OH is 1. The van der Waals surface area contributed by atoms with Crippen LogP contribution in [-0.2, 0) is 4.74 Å². The second-order valence-corrected chi connectivity index (χ2v) is 5.32. The summed E-state index contributed by atoms with van der Waals surface area (Å²) < 4.78 is 4.94. The van der Waals surface area contributed by atoms with E-state index in [1.165, 1.54) is 17.0 Å². The van der Waals surface area contributed by atoms with Crippen molar-refractivity contribution in [3.8, 4) is 0 Å². The first-order valence-electron chi connectivity index (χ1n) is 7.10. The summed E-state index contributed by atoms with van der Waals surface area (Å²) >= 11 is 0. The second kappa shape index (κ2) is 7.35. The fourth-order valence-corrected chi connectivity index (χ4v) is 2.65. The zero-order chi connectivity index (χ0) is 15.2. The molecular formula is C14H22N3O4+. The highest BCUT2D eigenvalue weighted by molar-refractivity contribution is 5.50. The number of benzene rings is 1. The van der Waals surface area contributed by atoms with E-state index in [9.17, 15) is 15.2 Å². The van der Waals surface area contributed by atoms with Crippen molar-refractivity contribution in [2.45, 2.75) is 6.10 Å². The number of aliphatic hydroxyl groups is 1. The number of piperazine rings is 1. The molecule has 1 fully saturated rings. The van der Waals surface area contributed by atoms with Gasteiger partial charge in [-0.15, -0.1) is 0 Å². The lowest BCUT2D eigenvalue weighted by atomic mass is 10.2. The predicted octanol–water partition coefficient (Wildman–Crippen LogP) is -0.693. The summed E-state index contributed by atoms with van der Waals surface area (Å²) in [6.07, 6.45) is -0.420. The minimum atomic E-state index is -0.420. The van der Waals surface area contributed by atoms with Gasteiger partial charge in [0.1, 0.15) is 12.6 Å². The summed E-state index contributed by atoms with van der Waals surface area (Å²) in [7, 11) is 1.59. The van der Waals surface area contributed by atoms with E-state index in [2.05, 4.69) is 4.90 Å². The first-order chi connectivity index (χ1) is 10.1. The molecule has 0 saturated carbocycles. The molecule has 21 heavy (non-hydrogen) atoms. The van der Waals surface area contributed by atoms with Crippen molar-refractivity contribution in [3.05, 3.63) is 34.4 Å². The van der Waals surface area contributed by atoms with Gasteiger partial charge in [-0.1, -0.05) is 0 Å². The number of anilines is 1. The summed E-state index contributed by atoms with van der Waals surface area (Å²) in [5, 5.41) is 20.4. The van der Waals surface area contributed by atoms with Crippen LogP contribution in [0.3, 0.4) is 0 Å². The Labute approximate surface area is 123 Å². The Kier molecular flexibility index (Phi) is 5.49. The Morgan fingerprint density at radius 3 is 2.52 bits per heavy atom. The minimum Gasteiger partial charge on any atom is -0.385 e. The summed E-state index contributed by atoms with van der Waals surface area (Å²) in [6.45, 7) is 4.72. The highest BCUT2D eigenvalue weighted by Crippen LogP contribution is 2.19. The van der Waals surface area contributed by atoms with E-state index < -0.39 is 6.10 Å². The van der Waals surface area contributed by atoms with Crippen LogP contribution in [0.1, 0.15) is 0 Å². The number of non-ortho nitro benzene ring substituents is 1. The number of nitro benzene ring substituents is 1. The van der Waals surface area contributed by atoms with Gasteiger partial charge in [0, 0.05) is 24.9 Å². The number of nitrogens with zero attached hydrogens (tertiary/aromatic N) is 2. The Hall–Kier alpha value is -1.70. The summed E-state index contributed by atoms with van der Waals surface area (Å²) in [6, 6.07) is 6.67. The maximum Gasteiger partial charge on any atom is 0.269 e.